The third kappa shape index (κ3) is 2.85. The molecule has 0 aromatic heterocycles. The molecule has 1 heterocycles. The molecule has 1 fully saturated rings. The van der Waals surface area contributed by atoms with Gasteiger partial charge in [-0.05, 0) is 12.3 Å². The summed E-state index contributed by atoms with van der Waals surface area (Å²) >= 11 is 0. The minimum absolute atomic E-state index is 0.0544. The Morgan fingerprint density at radius 3 is 2.54 bits per heavy atom. The van der Waals surface area contributed by atoms with Crippen molar-refractivity contribution in [2.75, 3.05) is 13.2 Å². The van der Waals surface area contributed by atoms with Gasteiger partial charge in [0.15, 0.2) is 0 Å². The van der Waals surface area contributed by atoms with Crippen molar-refractivity contribution in [3.63, 3.8) is 0 Å². The maximum atomic E-state index is 5.56. The van der Waals surface area contributed by atoms with E-state index in [9.17, 15) is 0 Å². The fourth-order valence-corrected chi connectivity index (χ4v) is 1.61. The number of hydrogen-bond donors (Lipinski definition) is 0. The zero-order chi connectivity index (χ0) is 9.68. The minimum atomic E-state index is -0.0544. The molecule has 1 aliphatic rings. The van der Waals surface area contributed by atoms with Crippen LogP contribution in [0.3, 0.4) is 0 Å². The fraction of sp³-hybridized carbons (Fsp3) is 0.800. The van der Waals surface area contributed by atoms with Gasteiger partial charge in [0.05, 0.1) is 0 Å². The summed E-state index contributed by atoms with van der Waals surface area (Å²) in [6, 6.07) is 0. The Morgan fingerprint density at radius 2 is 2.08 bits per heavy atom. The van der Waals surface area contributed by atoms with E-state index in [1.807, 2.05) is 6.08 Å². The van der Waals surface area contributed by atoms with Gasteiger partial charge in [0, 0.05) is 19.0 Å². The Balaban J connectivity index is 2.48. The molecular formula is C10H19BO2. The molecule has 1 rings (SSSR count). The van der Waals surface area contributed by atoms with Crippen molar-refractivity contribution >= 4 is 7.12 Å². The lowest BCUT2D eigenvalue weighted by atomic mass is 9.64. The van der Waals surface area contributed by atoms with Crippen molar-refractivity contribution in [3.8, 4) is 0 Å². The Labute approximate surface area is 81.4 Å². The molecule has 1 aliphatic heterocycles. The molecule has 0 radical (unpaired) electrons. The minimum Gasteiger partial charge on any atom is -0.411 e. The number of hydrogen-bond acceptors (Lipinski definition) is 2. The van der Waals surface area contributed by atoms with Crippen LogP contribution in [0.25, 0.3) is 0 Å². The predicted molar refractivity (Wildman–Crippen MR) is 55.7 cm³/mol. The quantitative estimate of drug-likeness (QED) is 0.491. The van der Waals surface area contributed by atoms with Gasteiger partial charge in [0.25, 0.3) is 0 Å². The molecule has 0 spiro atoms. The molecule has 0 bridgehead atoms. The lowest BCUT2D eigenvalue weighted by Crippen LogP contribution is -2.35. The van der Waals surface area contributed by atoms with Gasteiger partial charge in [0.2, 0.25) is 0 Å². The molecule has 2 atom stereocenters. The standard InChI is InChI=1S/C10H19BO2/c1-4-9(3)10(5-2)11-12-7-6-8-13-11/h5,9-10H,2,4,6-8H2,1,3H3. The van der Waals surface area contributed by atoms with Crippen LogP contribution in [-0.2, 0) is 9.31 Å². The fourth-order valence-electron chi connectivity index (χ4n) is 1.61. The van der Waals surface area contributed by atoms with E-state index in [1.165, 1.54) is 0 Å². The van der Waals surface area contributed by atoms with Crippen LogP contribution < -0.4 is 0 Å². The summed E-state index contributed by atoms with van der Waals surface area (Å²) in [5.74, 6) is 0.922. The van der Waals surface area contributed by atoms with Crippen LogP contribution in [0.4, 0.5) is 0 Å². The van der Waals surface area contributed by atoms with Crippen LogP contribution in [-0.4, -0.2) is 20.3 Å². The molecule has 1 saturated heterocycles. The smallest absolute Gasteiger partial charge is 0.411 e. The van der Waals surface area contributed by atoms with Crippen molar-refractivity contribution < 1.29 is 9.31 Å². The van der Waals surface area contributed by atoms with E-state index in [0.717, 1.165) is 26.1 Å². The molecule has 3 heteroatoms. The van der Waals surface area contributed by atoms with Crippen LogP contribution in [0, 0.1) is 5.92 Å². The first-order valence-corrected chi connectivity index (χ1v) is 5.15. The summed E-state index contributed by atoms with van der Waals surface area (Å²) in [4.78, 5) is 0. The zero-order valence-corrected chi connectivity index (χ0v) is 8.66. The van der Waals surface area contributed by atoms with E-state index >= 15 is 0 Å². The second kappa shape index (κ2) is 5.45. The SMILES string of the molecule is C=CC(B1OCCCO1)C(C)CC. The lowest BCUT2D eigenvalue weighted by Gasteiger charge is -2.28. The molecular weight excluding hydrogens is 163 g/mol. The average Bonchev–Trinajstić information content (AvgIpc) is 2.20. The van der Waals surface area contributed by atoms with Gasteiger partial charge in [0.1, 0.15) is 0 Å². The first-order valence-electron chi connectivity index (χ1n) is 5.15. The molecule has 0 aromatic carbocycles. The van der Waals surface area contributed by atoms with Gasteiger partial charge in [-0.15, -0.1) is 6.58 Å². The van der Waals surface area contributed by atoms with E-state index in [1.54, 1.807) is 0 Å². The zero-order valence-electron chi connectivity index (χ0n) is 8.66. The van der Waals surface area contributed by atoms with Crippen molar-refractivity contribution in [1.29, 1.82) is 0 Å². The highest BCUT2D eigenvalue weighted by Gasteiger charge is 2.33. The first kappa shape index (κ1) is 10.8. The second-order valence-corrected chi connectivity index (χ2v) is 3.66. The lowest BCUT2D eigenvalue weighted by molar-refractivity contribution is 0.125. The Morgan fingerprint density at radius 1 is 1.46 bits per heavy atom. The van der Waals surface area contributed by atoms with E-state index in [4.69, 9.17) is 9.31 Å². The van der Waals surface area contributed by atoms with Crippen molar-refractivity contribution in [2.24, 2.45) is 5.92 Å². The van der Waals surface area contributed by atoms with Crippen LogP contribution in [0.5, 0.6) is 0 Å². The Bertz CT molecular complexity index is 155. The maximum Gasteiger partial charge on any atom is 0.464 e. The average molecular weight is 182 g/mol. The molecule has 0 amide bonds. The van der Waals surface area contributed by atoms with E-state index in [2.05, 4.69) is 20.4 Å². The number of allylic oxidation sites excluding steroid dienone is 1. The number of rotatable bonds is 4. The maximum absolute atomic E-state index is 5.56. The van der Waals surface area contributed by atoms with Crippen LogP contribution >= 0.6 is 0 Å². The van der Waals surface area contributed by atoms with Gasteiger partial charge in [-0.1, -0.05) is 26.3 Å². The molecule has 13 heavy (non-hydrogen) atoms. The molecule has 74 valence electrons. The van der Waals surface area contributed by atoms with E-state index in [-0.39, 0.29) is 7.12 Å². The molecule has 0 N–H and O–H groups in total. The summed E-state index contributed by atoms with van der Waals surface area (Å²) in [6.07, 6.45) is 4.12. The van der Waals surface area contributed by atoms with Gasteiger partial charge in [-0.3, -0.25) is 0 Å². The van der Waals surface area contributed by atoms with Gasteiger partial charge < -0.3 is 9.31 Å². The van der Waals surface area contributed by atoms with Crippen molar-refractivity contribution in [1.82, 2.24) is 0 Å². The van der Waals surface area contributed by atoms with Gasteiger partial charge in [-0.2, -0.15) is 0 Å². The Hall–Kier alpha value is -0.275. The molecule has 0 aliphatic carbocycles. The summed E-state index contributed by atoms with van der Waals surface area (Å²) in [5.41, 5.74) is 0. The third-order valence-electron chi connectivity index (χ3n) is 2.74. The summed E-state index contributed by atoms with van der Waals surface area (Å²) in [6.45, 7) is 9.90. The molecule has 0 saturated carbocycles. The van der Waals surface area contributed by atoms with Crippen LogP contribution in [0.1, 0.15) is 26.7 Å². The normalized spacial score (nSPS) is 22.5. The summed E-state index contributed by atoms with van der Waals surface area (Å²) < 4.78 is 11.1. The van der Waals surface area contributed by atoms with Crippen LogP contribution in [0.15, 0.2) is 12.7 Å². The predicted octanol–water partition coefficient (Wildman–Crippen LogP) is 2.51. The molecule has 2 unspecified atom stereocenters. The highest BCUT2D eigenvalue weighted by atomic mass is 16.6. The molecule has 2 nitrogen and oxygen atoms in total. The second-order valence-electron chi connectivity index (χ2n) is 3.66. The molecule has 0 aromatic rings. The van der Waals surface area contributed by atoms with Crippen LogP contribution in [0.2, 0.25) is 5.82 Å². The summed E-state index contributed by atoms with van der Waals surface area (Å²) in [5, 5.41) is 0. The Kier molecular flexibility index (Phi) is 4.53. The highest BCUT2D eigenvalue weighted by molar-refractivity contribution is 6.47. The highest BCUT2D eigenvalue weighted by Crippen LogP contribution is 2.28. The van der Waals surface area contributed by atoms with Crippen molar-refractivity contribution in [3.05, 3.63) is 12.7 Å². The monoisotopic (exact) mass is 182 g/mol. The third-order valence-corrected chi connectivity index (χ3v) is 2.74. The van der Waals surface area contributed by atoms with E-state index < -0.39 is 0 Å². The first-order chi connectivity index (χ1) is 6.29. The van der Waals surface area contributed by atoms with Crippen molar-refractivity contribution in [2.45, 2.75) is 32.5 Å². The largest absolute Gasteiger partial charge is 0.464 e. The van der Waals surface area contributed by atoms with Gasteiger partial charge in [-0.25, -0.2) is 0 Å². The summed E-state index contributed by atoms with van der Waals surface area (Å²) in [7, 11) is -0.0544. The van der Waals surface area contributed by atoms with E-state index in [0.29, 0.717) is 11.7 Å². The topological polar surface area (TPSA) is 18.5 Å². The van der Waals surface area contributed by atoms with Gasteiger partial charge >= 0.3 is 7.12 Å².